The maximum atomic E-state index is 10.9. The Morgan fingerprint density at radius 1 is 1.47 bits per heavy atom. The molecule has 0 radical (unpaired) electrons. The first kappa shape index (κ1) is 9.78. The average molecular weight is 224 g/mol. The van der Waals surface area contributed by atoms with Gasteiger partial charge in [-0.1, -0.05) is 12.2 Å². The Morgan fingerprint density at radius 3 is 2.73 bits per heavy atom. The van der Waals surface area contributed by atoms with Gasteiger partial charge in [0.2, 0.25) is 0 Å². The zero-order chi connectivity index (χ0) is 11.2. The van der Waals surface area contributed by atoms with E-state index in [-0.39, 0.29) is 11.5 Å². The molecule has 2 aromatic rings. The second kappa shape index (κ2) is 3.13. The van der Waals surface area contributed by atoms with E-state index in [1.807, 2.05) is 0 Å². The highest BCUT2D eigenvalue weighted by molar-refractivity contribution is 7.71. The van der Waals surface area contributed by atoms with Gasteiger partial charge < -0.3 is 5.11 Å². The highest BCUT2D eigenvalue weighted by Gasteiger charge is 2.14. The number of nitrogens with zero attached hydrogens (tertiary/aromatic N) is 3. The topological polar surface area (TPSA) is 83.3 Å². The lowest BCUT2D eigenvalue weighted by Crippen LogP contribution is -2.08. The number of aryl methyl sites for hydroxylation is 1. The monoisotopic (exact) mass is 224 g/mol. The minimum Gasteiger partial charge on any atom is -0.476 e. The third kappa shape index (κ3) is 1.40. The maximum absolute atomic E-state index is 10.9. The fourth-order valence-corrected chi connectivity index (χ4v) is 1.54. The van der Waals surface area contributed by atoms with Crippen molar-refractivity contribution in [2.75, 3.05) is 0 Å². The summed E-state index contributed by atoms with van der Waals surface area (Å²) in [6.45, 7) is 3.38. The van der Waals surface area contributed by atoms with Gasteiger partial charge in [0, 0.05) is 5.56 Å². The van der Waals surface area contributed by atoms with Crippen LogP contribution in [0.25, 0.3) is 5.78 Å². The summed E-state index contributed by atoms with van der Waals surface area (Å²) in [4.78, 5) is 18.8. The molecule has 0 aliphatic carbocycles. The normalized spacial score (nSPS) is 10.8. The number of hydrogen-bond donors (Lipinski definition) is 2. The van der Waals surface area contributed by atoms with E-state index in [0.29, 0.717) is 16.0 Å². The Morgan fingerprint density at radius 2 is 2.13 bits per heavy atom. The second-order valence-corrected chi connectivity index (χ2v) is 3.53. The lowest BCUT2D eigenvalue weighted by molar-refractivity contribution is 0.0689. The van der Waals surface area contributed by atoms with E-state index in [1.54, 1.807) is 13.8 Å². The minimum absolute atomic E-state index is 0.0495. The number of carboxylic acid groups (broad SMARTS) is 1. The van der Waals surface area contributed by atoms with Gasteiger partial charge in [0.25, 0.3) is 5.78 Å². The molecule has 0 aliphatic heterocycles. The summed E-state index contributed by atoms with van der Waals surface area (Å²) in [5.41, 5.74) is 0.408. The molecule has 0 amide bonds. The molecule has 78 valence electrons. The number of aromatic nitrogens is 4. The highest BCUT2D eigenvalue weighted by atomic mass is 32.1. The predicted octanol–water partition coefficient (Wildman–Crippen LogP) is 1.10. The summed E-state index contributed by atoms with van der Waals surface area (Å²) in [6, 6.07) is 0. The molecule has 0 atom stereocenters. The van der Waals surface area contributed by atoms with Gasteiger partial charge >= 0.3 is 5.97 Å². The first-order valence-electron chi connectivity index (χ1n) is 4.20. The summed E-state index contributed by atoms with van der Waals surface area (Å²) in [5.74, 6) is -0.183. The first-order chi connectivity index (χ1) is 7.00. The Bertz CT molecular complexity index is 613. The van der Waals surface area contributed by atoms with Crippen molar-refractivity contribution < 1.29 is 9.90 Å². The van der Waals surface area contributed by atoms with Crippen molar-refractivity contribution in [2.24, 2.45) is 0 Å². The van der Waals surface area contributed by atoms with E-state index in [4.69, 9.17) is 17.3 Å². The maximum Gasteiger partial charge on any atom is 0.355 e. The number of fused-ring (bicyclic) bond motifs is 1. The first-order valence-corrected chi connectivity index (χ1v) is 4.61. The summed E-state index contributed by atoms with van der Waals surface area (Å²) in [6.07, 6.45) is 0. The molecule has 2 N–H and O–H groups in total. The van der Waals surface area contributed by atoms with Gasteiger partial charge in [-0.2, -0.15) is 4.98 Å². The van der Waals surface area contributed by atoms with Crippen LogP contribution in [0, 0.1) is 18.5 Å². The number of nitrogens with one attached hydrogen (secondary N) is 1. The molecule has 15 heavy (non-hydrogen) atoms. The van der Waals surface area contributed by atoms with Gasteiger partial charge in [-0.25, -0.2) is 14.3 Å². The van der Waals surface area contributed by atoms with Crippen molar-refractivity contribution in [3.05, 3.63) is 21.7 Å². The fraction of sp³-hybridized carbons (Fsp3) is 0.250. The zero-order valence-corrected chi connectivity index (χ0v) is 8.92. The Hall–Kier alpha value is -1.76. The van der Waals surface area contributed by atoms with Gasteiger partial charge in [0.15, 0.2) is 5.69 Å². The number of aromatic carboxylic acids is 1. The van der Waals surface area contributed by atoms with Crippen LogP contribution in [-0.2, 0) is 0 Å². The molecular formula is C8H8N4O2S. The number of aromatic amines is 1. The molecular weight excluding hydrogens is 216 g/mol. The Labute approximate surface area is 89.6 Å². The molecule has 7 heteroatoms. The van der Waals surface area contributed by atoms with Crippen LogP contribution in [-0.4, -0.2) is 30.7 Å². The fourth-order valence-electron chi connectivity index (χ4n) is 1.31. The van der Waals surface area contributed by atoms with E-state index in [2.05, 4.69) is 15.1 Å². The molecule has 2 heterocycles. The number of carboxylic acids is 1. The van der Waals surface area contributed by atoms with E-state index >= 15 is 0 Å². The number of carbonyl (C=O) groups is 1. The molecule has 0 unspecified atom stereocenters. The molecule has 0 spiro atoms. The number of hydrogen-bond acceptors (Lipinski definition) is 4. The van der Waals surface area contributed by atoms with Crippen LogP contribution in [0.3, 0.4) is 0 Å². The van der Waals surface area contributed by atoms with Gasteiger partial charge in [-0.05, 0) is 13.8 Å². The molecule has 0 aromatic carbocycles. The molecule has 2 rings (SSSR count). The summed E-state index contributed by atoms with van der Waals surface area (Å²) in [7, 11) is 0. The SMILES string of the molecule is Cc1nc2nc(C(=O)O)c(C)c(=S)n2[nH]1. The minimum atomic E-state index is -1.10. The molecule has 0 saturated carbocycles. The van der Waals surface area contributed by atoms with Crippen molar-refractivity contribution in [1.82, 2.24) is 19.6 Å². The van der Waals surface area contributed by atoms with Gasteiger partial charge in [0.05, 0.1) is 0 Å². The quantitative estimate of drug-likeness (QED) is 0.709. The van der Waals surface area contributed by atoms with Crippen LogP contribution in [0.2, 0.25) is 0 Å². The summed E-state index contributed by atoms with van der Waals surface area (Å²) in [5, 5.41) is 11.8. The largest absolute Gasteiger partial charge is 0.476 e. The lowest BCUT2D eigenvalue weighted by atomic mass is 10.2. The van der Waals surface area contributed by atoms with E-state index < -0.39 is 5.97 Å². The molecule has 0 saturated heterocycles. The van der Waals surface area contributed by atoms with Crippen molar-refractivity contribution in [2.45, 2.75) is 13.8 Å². The van der Waals surface area contributed by atoms with Crippen LogP contribution < -0.4 is 0 Å². The van der Waals surface area contributed by atoms with Crippen LogP contribution >= 0.6 is 12.2 Å². The second-order valence-electron chi connectivity index (χ2n) is 3.14. The molecule has 6 nitrogen and oxygen atoms in total. The smallest absolute Gasteiger partial charge is 0.355 e. The van der Waals surface area contributed by atoms with Gasteiger partial charge in [0.1, 0.15) is 10.5 Å². The van der Waals surface area contributed by atoms with Crippen molar-refractivity contribution in [3.63, 3.8) is 0 Å². The standard InChI is InChI=1S/C8H8N4O2S/c1-3-5(7(13)14)10-8-9-4(2)11-12(8)6(3)15/h1-2H3,(H,13,14)(H,9,10,11). The molecule has 0 aliphatic rings. The molecule has 0 fully saturated rings. The van der Waals surface area contributed by atoms with Crippen LogP contribution in [0.15, 0.2) is 0 Å². The van der Waals surface area contributed by atoms with Crippen molar-refractivity contribution in [3.8, 4) is 0 Å². The summed E-state index contributed by atoms with van der Waals surface area (Å²) < 4.78 is 1.88. The van der Waals surface area contributed by atoms with Crippen LogP contribution in [0.4, 0.5) is 0 Å². The van der Waals surface area contributed by atoms with E-state index in [0.717, 1.165) is 0 Å². The van der Waals surface area contributed by atoms with E-state index in [9.17, 15) is 4.79 Å². The van der Waals surface area contributed by atoms with Crippen LogP contribution in [0.1, 0.15) is 21.9 Å². The van der Waals surface area contributed by atoms with Crippen molar-refractivity contribution in [1.29, 1.82) is 0 Å². The highest BCUT2D eigenvalue weighted by Crippen LogP contribution is 2.09. The molecule has 0 bridgehead atoms. The predicted molar refractivity (Wildman–Crippen MR) is 54.6 cm³/mol. The average Bonchev–Trinajstić information content (AvgIpc) is 2.52. The molecule has 2 aromatic heterocycles. The van der Waals surface area contributed by atoms with Crippen LogP contribution in [0.5, 0.6) is 0 Å². The third-order valence-corrected chi connectivity index (χ3v) is 2.52. The number of H-pyrrole nitrogens is 1. The zero-order valence-electron chi connectivity index (χ0n) is 8.11. The Balaban J connectivity index is 2.94. The van der Waals surface area contributed by atoms with Gasteiger partial charge in [-0.3, -0.25) is 5.10 Å². The van der Waals surface area contributed by atoms with Gasteiger partial charge in [-0.15, -0.1) is 0 Å². The Kier molecular flexibility index (Phi) is 2.04. The third-order valence-electron chi connectivity index (χ3n) is 2.03. The lowest BCUT2D eigenvalue weighted by Gasteiger charge is -2.00. The van der Waals surface area contributed by atoms with Crippen molar-refractivity contribution >= 4 is 24.0 Å². The van der Waals surface area contributed by atoms with E-state index in [1.165, 1.54) is 4.52 Å². The number of rotatable bonds is 1. The summed E-state index contributed by atoms with van der Waals surface area (Å²) >= 11 is 5.10.